The van der Waals surface area contributed by atoms with Gasteiger partial charge in [0.1, 0.15) is 19.0 Å². The molecule has 2 aromatic carbocycles. The van der Waals surface area contributed by atoms with Gasteiger partial charge in [0.05, 0.1) is 23.8 Å². The van der Waals surface area contributed by atoms with Crippen LogP contribution in [-0.4, -0.2) is 80.3 Å². The zero-order valence-electron chi connectivity index (χ0n) is 23.8. The lowest BCUT2D eigenvalue weighted by molar-refractivity contribution is -0.232. The van der Waals surface area contributed by atoms with Crippen LogP contribution in [0.5, 0.6) is 0 Å². The van der Waals surface area contributed by atoms with E-state index in [0.717, 1.165) is 13.8 Å². The van der Waals surface area contributed by atoms with E-state index in [2.05, 4.69) is 0 Å². The maximum absolute atomic E-state index is 12.8. The van der Waals surface area contributed by atoms with Crippen LogP contribution in [0, 0.1) is 0 Å². The van der Waals surface area contributed by atoms with Gasteiger partial charge < -0.3 is 38.9 Å². The number of carbonyl (C=O) groups excluding carboxylic acids is 5. The van der Waals surface area contributed by atoms with Gasteiger partial charge in [0.2, 0.25) is 0 Å². The van der Waals surface area contributed by atoms with Gasteiger partial charge in [0.15, 0.2) is 24.6 Å². The van der Waals surface area contributed by atoms with Gasteiger partial charge in [-0.2, -0.15) is 0 Å². The highest BCUT2D eigenvalue weighted by Crippen LogP contribution is 2.25. The minimum atomic E-state index is -1.30. The van der Waals surface area contributed by atoms with Crippen LogP contribution >= 0.6 is 0 Å². The molecule has 0 saturated heterocycles. The lowest BCUT2D eigenvalue weighted by atomic mass is 10.1. The SMILES string of the molecule is CC(=O)OCC1OC(OC[C@H](N)[C@@H](COC(=O)c2ccccc2)OC(=O)c2ccccc2)C(OC(C)=O)C=C1OC(C)=O. The van der Waals surface area contributed by atoms with Gasteiger partial charge in [-0.05, 0) is 24.3 Å². The molecule has 13 nitrogen and oxygen atoms in total. The van der Waals surface area contributed by atoms with E-state index in [0.29, 0.717) is 0 Å². The Hall–Kier alpha value is -4.59. The molecule has 1 heterocycles. The fourth-order valence-electron chi connectivity index (χ4n) is 3.80. The number of rotatable bonds is 13. The summed E-state index contributed by atoms with van der Waals surface area (Å²) in [5, 5.41) is 0. The highest BCUT2D eigenvalue weighted by Gasteiger charge is 2.38. The van der Waals surface area contributed by atoms with Crippen molar-refractivity contribution in [3.8, 4) is 0 Å². The second kappa shape index (κ2) is 16.2. The molecular formula is C30H33NO12. The Morgan fingerprint density at radius 3 is 1.95 bits per heavy atom. The molecule has 5 atom stereocenters. The zero-order chi connectivity index (χ0) is 31.4. The number of ether oxygens (including phenoxy) is 7. The summed E-state index contributed by atoms with van der Waals surface area (Å²) in [5.74, 6) is -3.40. The fourth-order valence-corrected chi connectivity index (χ4v) is 3.80. The van der Waals surface area contributed by atoms with Crippen molar-refractivity contribution in [2.24, 2.45) is 5.73 Å². The molecule has 3 unspecified atom stereocenters. The first kappa shape index (κ1) is 32.9. The molecule has 0 fully saturated rings. The van der Waals surface area contributed by atoms with Crippen LogP contribution in [0.3, 0.4) is 0 Å². The molecule has 13 heteroatoms. The molecule has 0 aromatic heterocycles. The standard InChI is InChI=1S/C30H33NO12/c1-18(32)37-17-27-24(40-19(2)33)14-25(41-20(3)34)30(43-27)39-15-23(31)26(42-29(36)22-12-8-5-9-13-22)16-38-28(35)21-10-6-4-7-11-21/h4-14,23,25-27,30H,15-17,31H2,1-3H3/t23-,25?,26+,27?,30?/m0/s1. The van der Waals surface area contributed by atoms with Crippen molar-refractivity contribution >= 4 is 29.8 Å². The van der Waals surface area contributed by atoms with Crippen LogP contribution in [-0.2, 0) is 47.5 Å². The molecule has 3 rings (SSSR count). The first-order valence-electron chi connectivity index (χ1n) is 13.2. The minimum absolute atomic E-state index is 0.0494. The second-order valence-corrected chi connectivity index (χ2v) is 9.30. The number of nitrogens with two attached hydrogens (primary N) is 1. The number of carbonyl (C=O) groups is 5. The molecule has 2 N–H and O–H groups in total. The van der Waals surface area contributed by atoms with E-state index >= 15 is 0 Å². The molecular weight excluding hydrogens is 566 g/mol. The van der Waals surface area contributed by atoms with Crippen molar-refractivity contribution < 1.29 is 57.1 Å². The van der Waals surface area contributed by atoms with E-state index in [1.165, 1.54) is 13.0 Å². The van der Waals surface area contributed by atoms with Crippen molar-refractivity contribution in [2.75, 3.05) is 19.8 Å². The molecule has 43 heavy (non-hydrogen) atoms. The van der Waals surface area contributed by atoms with Crippen LogP contribution in [0.1, 0.15) is 41.5 Å². The fraction of sp³-hybridized carbons (Fsp3) is 0.367. The molecule has 0 spiro atoms. The van der Waals surface area contributed by atoms with Crippen molar-refractivity contribution in [1.82, 2.24) is 0 Å². The Morgan fingerprint density at radius 1 is 0.791 bits per heavy atom. The van der Waals surface area contributed by atoms with Gasteiger partial charge in [-0.3, -0.25) is 14.4 Å². The third-order valence-electron chi connectivity index (χ3n) is 5.80. The second-order valence-electron chi connectivity index (χ2n) is 9.30. The van der Waals surface area contributed by atoms with E-state index in [1.807, 2.05) is 0 Å². The van der Waals surface area contributed by atoms with E-state index < -0.39 is 67.1 Å². The van der Waals surface area contributed by atoms with Crippen LogP contribution in [0.4, 0.5) is 0 Å². The number of esters is 5. The van der Waals surface area contributed by atoms with E-state index in [1.54, 1.807) is 60.7 Å². The van der Waals surface area contributed by atoms with E-state index in [9.17, 15) is 24.0 Å². The Morgan fingerprint density at radius 2 is 1.40 bits per heavy atom. The predicted molar refractivity (Wildman–Crippen MR) is 147 cm³/mol. The summed E-state index contributed by atoms with van der Waals surface area (Å²) in [7, 11) is 0. The highest BCUT2D eigenvalue weighted by atomic mass is 16.7. The Balaban J connectivity index is 1.76. The molecule has 2 aromatic rings. The Labute approximate surface area is 247 Å². The maximum atomic E-state index is 12.8. The molecule has 0 aliphatic carbocycles. The van der Waals surface area contributed by atoms with Crippen molar-refractivity contribution in [3.05, 3.63) is 83.6 Å². The summed E-state index contributed by atoms with van der Waals surface area (Å²) in [6.45, 7) is 2.44. The molecule has 0 bridgehead atoms. The Kier molecular flexibility index (Phi) is 12.4. The maximum Gasteiger partial charge on any atom is 0.338 e. The summed E-state index contributed by atoms with van der Waals surface area (Å²) in [6.07, 6.45) is -3.44. The number of benzene rings is 2. The lowest BCUT2D eigenvalue weighted by Gasteiger charge is -2.35. The summed E-state index contributed by atoms with van der Waals surface area (Å²) in [4.78, 5) is 60.2. The average molecular weight is 600 g/mol. The van der Waals surface area contributed by atoms with Gasteiger partial charge in [0, 0.05) is 26.8 Å². The monoisotopic (exact) mass is 599 g/mol. The zero-order valence-corrected chi connectivity index (χ0v) is 23.8. The molecule has 0 saturated carbocycles. The lowest BCUT2D eigenvalue weighted by Crippen LogP contribution is -2.49. The third-order valence-corrected chi connectivity index (χ3v) is 5.80. The van der Waals surface area contributed by atoms with Gasteiger partial charge in [0.25, 0.3) is 0 Å². The third kappa shape index (κ3) is 10.6. The Bertz CT molecular complexity index is 1300. The van der Waals surface area contributed by atoms with Gasteiger partial charge >= 0.3 is 29.8 Å². The van der Waals surface area contributed by atoms with Crippen LogP contribution in [0.2, 0.25) is 0 Å². The summed E-state index contributed by atoms with van der Waals surface area (Å²) in [5.41, 5.74) is 6.88. The van der Waals surface area contributed by atoms with E-state index in [-0.39, 0.29) is 30.1 Å². The molecule has 0 amide bonds. The quantitative estimate of drug-likeness (QED) is 0.262. The smallest absolute Gasteiger partial charge is 0.338 e. The molecule has 1 aliphatic rings. The summed E-state index contributed by atoms with van der Waals surface area (Å²) in [6, 6.07) is 15.3. The van der Waals surface area contributed by atoms with Crippen LogP contribution < -0.4 is 5.73 Å². The van der Waals surface area contributed by atoms with Crippen molar-refractivity contribution in [3.63, 3.8) is 0 Å². The predicted octanol–water partition coefficient (Wildman–Crippen LogP) is 2.08. The van der Waals surface area contributed by atoms with Gasteiger partial charge in [-0.15, -0.1) is 0 Å². The molecule has 230 valence electrons. The first-order chi connectivity index (χ1) is 20.5. The van der Waals surface area contributed by atoms with Crippen LogP contribution in [0.15, 0.2) is 72.5 Å². The van der Waals surface area contributed by atoms with Crippen LogP contribution in [0.25, 0.3) is 0 Å². The number of hydrogen-bond acceptors (Lipinski definition) is 13. The molecule has 0 radical (unpaired) electrons. The first-order valence-corrected chi connectivity index (χ1v) is 13.2. The summed E-state index contributed by atoms with van der Waals surface area (Å²) < 4.78 is 38.1. The van der Waals surface area contributed by atoms with Crippen molar-refractivity contribution in [1.29, 1.82) is 0 Å². The number of hydrogen-bond donors (Lipinski definition) is 1. The van der Waals surface area contributed by atoms with Crippen molar-refractivity contribution in [2.45, 2.75) is 51.4 Å². The van der Waals surface area contributed by atoms with Gasteiger partial charge in [-0.25, -0.2) is 9.59 Å². The normalized spacial score (nSPS) is 19.2. The topological polar surface area (TPSA) is 176 Å². The summed E-state index contributed by atoms with van der Waals surface area (Å²) >= 11 is 0. The average Bonchev–Trinajstić information content (AvgIpc) is 2.98. The minimum Gasteiger partial charge on any atom is -0.463 e. The largest absolute Gasteiger partial charge is 0.463 e. The van der Waals surface area contributed by atoms with Gasteiger partial charge in [-0.1, -0.05) is 36.4 Å². The van der Waals surface area contributed by atoms with E-state index in [4.69, 9.17) is 38.9 Å². The highest BCUT2D eigenvalue weighted by molar-refractivity contribution is 5.90. The molecule has 1 aliphatic heterocycles.